The third-order valence-electron chi connectivity index (χ3n) is 4.09. The first kappa shape index (κ1) is 13.8. The van der Waals surface area contributed by atoms with E-state index in [0.717, 1.165) is 18.4 Å². The molecular formula is C15H29N. The molecule has 0 saturated heterocycles. The smallest absolute Gasteiger partial charge is 0.0302 e. The van der Waals surface area contributed by atoms with Gasteiger partial charge in [-0.05, 0) is 44.6 Å². The van der Waals surface area contributed by atoms with Crippen LogP contribution in [0.1, 0.15) is 59.3 Å². The minimum Gasteiger partial charge on any atom is -0.310 e. The summed E-state index contributed by atoms with van der Waals surface area (Å²) in [6, 6.07) is 0.567. The van der Waals surface area contributed by atoms with Gasteiger partial charge in [0.05, 0.1) is 0 Å². The molecule has 1 fully saturated rings. The molecule has 1 unspecified atom stereocenters. The Bertz CT molecular complexity index is 201. The van der Waals surface area contributed by atoms with Crippen molar-refractivity contribution in [3.8, 4) is 0 Å². The highest BCUT2D eigenvalue weighted by Crippen LogP contribution is 2.33. The van der Waals surface area contributed by atoms with Gasteiger partial charge in [0.25, 0.3) is 0 Å². The Hall–Kier alpha value is -0.300. The van der Waals surface area contributed by atoms with Crippen LogP contribution >= 0.6 is 0 Å². The number of hydrogen-bond acceptors (Lipinski definition) is 1. The molecule has 0 radical (unpaired) electrons. The van der Waals surface area contributed by atoms with Crippen molar-refractivity contribution in [3.05, 3.63) is 12.2 Å². The molecule has 0 bridgehead atoms. The van der Waals surface area contributed by atoms with Crippen LogP contribution in [0.3, 0.4) is 0 Å². The summed E-state index contributed by atoms with van der Waals surface area (Å²) in [4.78, 5) is 0. The van der Waals surface area contributed by atoms with E-state index in [0.29, 0.717) is 6.04 Å². The summed E-state index contributed by atoms with van der Waals surface area (Å²) in [7, 11) is 0. The van der Waals surface area contributed by atoms with E-state index in [-0.39, 0.29) is 0 Å². The lowest BCUT2D eigenvalue weighted by atomic mass is 9.76. The monoisotopic (exact) mass is 223 g/mol. The van der Waals surface area contributed by atoms with Crippen LogP contribution in [0.5, 0.6) is 0 Å². The Balaban J connectivity index is 2.43. The average molecular weight is 223 g/mol. The van der Waals surface area contributed by atoms with Gasteiger partial charge in [-0.15, -0.1) is 0 Å². The quantitative estimate of drug-likeness (QED) is 0.667. The molecule has 16 heavy (non-hydrogen) atoms. The Morgan fingerprint density at radius 2 is 1.88 bits per heavy atom. The molecule has 0 spiro atoms. The largest absolute Gasteiger partial charge is 0.310 e. The highest BCUT2D eigenvalue weighted by atomic mass is 14.9. The van der Waals surface area contributed by atoms with E-state index in [2.05, 4.69) is 32.7 Å². The van der Waals surface area contributed by atoms with E-state index >= 15 is 0 Å². The lowest BCUT2D eigenvalue weighted by Gasteiger charge is -2.34. The minimum atomic E-state index is 0.567. The molecule has 0 aromatic rings. The normalized spacial score (nSPS) is 27.7. The fourth-order valence-electron chi connectivity index (χ4n) is 2.97. The summed E-state index contributed by atoms with van der Waals surface area (Å²) in [5.41, 5.74) is 1.33. The zero-order valence-corrected chi connectivity index (χ0v) is 11.4. The van der Waals surface area contributed by atoms with Crippen molar-refractivity contribution in [2.24, 2.45) is 11.8 Å². The maximum absolute atomic E-state index is 4.16. The predicted molar refractivity (Wildman–Crippen MR) is 72.6 cm³/mol. The summed E-state index contributed by atoms with van der Waals surface area (Å²) in [6.45, 7) is 12.0. The Morgan fingerprint density at radius 3 is 2.31 bits per heavy atom. The van der Waals surface area contributed by atoms with Crippen LogP contribution < -0.4 is 5.32 Å². The van der Waals surface area contributed by atoms with Crippen LogP contribution in [-0.2, 0) is 0 Å². The van der Waals surface area contributed by atoms with Gasteiger partial charge in [0.15, 0.2) is 0 Å². The summed E-state index contributed by atoms with van der Waals surface area (Å²) in [5.74, 6) is 1.83. The van der Waals surface area contributed by atoms with Crippen molar-refractivity contribution in [1.29, 1.82) is 0 Å². The molecule has 1 saturated carbocycles. The van der Waals surface area contributed by atoms with Gasteiger partial charge in [-0.3, -0.25) is 0 Å². The molecule has 0 amide bonds. The van der Waals surface area contributed by atoms with Gasteiger partial charge < -0.3 is 5.32 Å². The van der Waals surface area contributed by atoms with E-state index in [1.54, 1.807) is 0 Å². The molecule has 1 heteroatoms. The summed E-state index contributed by atoms with van der Waals surface area (Å²) < 4.78 is 0. The van der Waals surface area contributed by atoms with Crippen LogP contribution in [-0.4, -0.2) is 12.6 Å². The highest BCUT2D eigenvalue weighted by molar-refractivity contribution is 5.05. The topological polar surface area (TPSA) is 12.0 Å². The minimum absolute atomic E-state index is 0.567. The first-order chi connectivity index (χ1) is 7.69. The molecule has 1 rings (SSSR count). The van der Waals surface area contributed by atoms with Crippen LogP contribution in [0.2, 0.25) is 0 Å². The number of nitrogens with one attached hydrogen (secondary N) is 1. The predicted octanol–water partition coefficient (Wildman–Crippen LogP) is 4.15. The van der Waals surface area contributed by atoms with Crippen LogP contribution in [0.4, 0.5) is 0 Å². The van der Waals surface area contributed by atoms with Crippen molar-refractivity contribution in [2.45, 2.75) is 65.3 Å². The van der Waals surface area contributed by atoms with E-state index in [1.807, 2.05) is 0 Å². The second-order valence-corrected chi connectivity index (χ2v) is 5.47. The van der Waals surface area contributed by atoms with E-state index < -0.39 is 0 Å². The third kappa shape index (κ3) is 3.93. The molecule has 0 aliphatic heterocycles. The summed E-state index contributed by atoms with van der Waals surface area (Å²) >= 11 is 0. The maximum atomic E-state index is 4.16. The summed E-state index contributed by atoms with van der Waals surface area (Å²) in [5, 5.41) is 3.67. The van der Waals surface area contributed by atoms with Gasteiger partial charge in [-0.2, -0.15) is 0 Å². The molecule has 1 atom stereocenters. The van der Waals surface area contributed by atoms with Gasteiger partial charge in [-0.1, -0.05) is 45.3 Å². The van der Waals surface area contributed by atoms with E-state index in [1.165, 1.54) is 44.1 Å². The molecular weight excluding hydrogens is 194 g/mol. The van der Waals surface area contributed by atoms with Crippen LogP contribution in [0, 0.1) is 11.8 Å². The third-order valence-corrected chi connectivity index (χ3v) is 4.09. The number of hydrogen-bond donors (Lipinski definition) is 1. The van der Waals surface area contributed by atoms with Crippen LogP contribution in [0.15, 0.2) is 12.2 Å². The lowest BCUT2D eigenvalue weighted by molar-refractivity contribution is 0.233. The van der Waals surface area contributed by atoms with Crippen molar-refractivity contribution < 1.29 is 0 Å². The molecule has 1 aliphatic carbocycles. The molecule has 0 aromatic carbocycles. The highest BCUT2D eigenvalue weighted by Gasteiger charge is 2.26. The first-order valence-corrected chi connectivity index (χ1v) is 7.07. The Kier molecular flexibility index (Phi) is 6.12. The molecule has 0 aromatic heterocycles. The number of rotatable bonds is 6. The van der Waals surface area contributed by atoms with Crippen LogP contribution in [0.25, 0.3) is 0 Å². The SMILES string of the molecule is C=C(C)C(NCCC)C1CCC(CC)CC1. The molecule has 94 valence electrons. The lowest BCUT2D eigenvalue weighted by Crippen LogP contribution is -2.39. The fraction of sp³-hybridized carbons (Fsp3) is 0.867. The van der Waals surface area contributed by atoms with Crippen molar-refractivity contribution >= 4 is 0 Å². The molecule has 1 N–H and O–H groups in total. The fourth-order valence-corrected chi connectivity index (χ4v) is 2.97. The second-order valence-electron chi connectivity index (χ2n) is 5.47. The zero-order valence-electron chi connectivity index (χ0n) is 11.4. The van der Waals surface area contributed by atoms with Crippen molar-refractivity contribution in [2.75, 3.05) is 6.54 Å². The molecule has 0 heterocycles. The van der Waals surface area contributed by atoms with Crippen molar-refractivity contribution in [1.82, 2.24) is 5.32 Å². The molecule has 1 aliphatic rings. The Morgan fingerprint density at radius 1 is 1.25 bits per heavy atom. The Labute approximate surface area is 102 Å². The molecule has 1 nitrogen and oxygen atoms in total. The van der Waals surface area contributed by atoms with Gasteiger partial charge in [-0.25, -0.2) is 0 Å². The van der Waals surface area contributed by atoms with E-state index in [9.17, 15) is 0 Å². The van der Waals surface area contributed by atoms with Crippen molar-refractivity contribution in [3.63, 3.8) is 0 Å². The van der Waals surface area contributed by atoms with Gasteiger partial charge in [0, 0.05) is 6.04 Å². The summed E-state index contributed by atoms with van der Waals surface area (Å²) in [6.07, 6.45) is 8.23. The van der Waals surface area contributed by atoms with E-state index in [4.69, 9.17) is 0 Å². The maximum Gasteiger partial charge on any atom is 0.0302 e. The average Bonchev–Trinajstić information content (AvgIpc) is 2.30. The zero-order chi connectivity index (χ0) is 12.0. The van der Waals surface area contributed by atoms with Gasteiger partial charge in [0.1, 0.15) is 0 Å². The second kappa shape index (κ2) is 7.11. The van der Waals surface area contributed by atoms with Gasteiger partial charge >= 0.3 is 0 Å². The standard InChI is InChI=1S/C15H29N/c1-5-11-16-15(12(3)4)14-9-7-13(6-2)8-10-14/h13-16H,3,5-11H2,1-2,4H3. The van der Waals surface area contributed by atoms with Gasteiger partial charge in [0.2, 0.25) is 0 Å². The first-order valence-electron chi connectivity index (χ1n) is 7.07.